The van der Waals surface area contributed by atoms with E-state index in [2.05, 4.69) is 5.32 Å². The second kappa shape index (κ2) is 15.0. The number of carbonyl (C=O) groups excluding carboxylic acids is 2. The maximum Gasteiger partial charge on any atom is 0.264 e. The van der Waals surface area contributed by atoms with Crippen LogP contribution in [0.5, 0.6) is 0 Å². The van der Waals surface area contributed by atoms with Gasteiger partial charge in [-0.1, -0.05) is 79.7 Å². The van der Waals surface area contributed by atoms with Crippen molar-refractivity contribution in [3.05, 3.63) is 131 Å². The molecule has 4 aromatic carbocycles. The molecule has 0 bridgehead atoms. The Hall–Kier alpha value is -4.50. The molecule has 0 aliphatic rings. The van der Waals surface area contributed by atoms with Crippen LogP contribution in [0.3, 0.4) is 0 Å². The number of sulfonamides is 1. The number of carbonyl (C=O) groups is 2. The number of nitrogens with one attached hydrogen (secondary N) is 1. The number of nitrogens with zero attached hydrogens (tertiary/aromatic N) is 2. The lowest BCUT2D eigenvalue weighted by molar-refractivity contribution is -0.140. The Kier molecular flexibility index (Phi) is 11.1. The van der Waals surface area contributed by atoms with Gasteiger partial charge in [0.1, 0.15) is 18.4 Å². The standard InChI is InChI=1S/C36H40FN3O4S/c1-5-28(4)38-36(42)34(23-29-14-8-6-9-15-29)39(24-30-16-12-13-19-33(30)37)35(41)25-40(31-21-20-26(2)27(3)22-31)45(43,44)32-17-10-7-11-18-32/h6-22,28,34H,5,23-25H2,1-4H3,(H,38,42)/t28-,34+/m1/s1. The summed E-state index contributed by atoms with van der Waals surface area (Å²) in [6.07, 6.45) is 0.819. The average molecular weight is 630 g/mol. The average Bonchev–Trinajstić information content (AvgIpc) is 3.04. The quantitative estimate of drug-likeness (QED) is 0.191. The van der Waals surface area contributed by atoms with Crippen LogP contribution in [0.2, 0.25) is 0 Å². The van der Waals surface area contributed by atoms with Crippen LogP contribution in [-0.4, -0.2) is 43.8 Å². The molecule has 7 nitrogen and oxygen atoms in total. The van der Waals surface area contributed by atoms with Crippen molar-refractivity contribution in [2.24, 2.45) is 0 Å². The van der Waals surface area contributed by atoms with Crippen LogP contribution >= 0.6 is 0 Å². The Balaban J connectivity index is 1.83. The van der Waals surface area contributed by atoms with Gasteiger partial charge in [0.25, 0.3) is 10.0 Å². The lowest BCUT2D eigenvalue weighted by atomic mass is 10.0. The largest absolute Gasteiger partial charge is 0.352 e. The number of anilines is 1. The van der Waals surface area contributed by atoms with Gasteiger partial charge < -0.3 is 10.2 Å². The van der Waals surface area contributed by atoms with E-state index in [9.17, 15) is 18.0 Å². The number of halogens is 1. The lowest BCUT2D eigenvalue weighted by Crippen LogP contribution is -2.54. The molecule has 45 heavy (non-hydrogen) atoms. The van der Waals surface area contributed by atoms with Gasteiger partial charge in [-0.25, -0.2) is 12.8 Å². The third-order valence-electron chi connectivity index (χ3n) is 7.96. The maximum absolute atomic E-state index is 15.0. The fourth-order valence-electron chi connectivity index (χ4n) is 4.93. The summed E-state index contributed by atoms with van der Waals surface area (Å²) in [5.41, 5.74) is 3.14. The number of rotatable bonds is 13. The van der Waals surface area contributed by atoms with Crippen molar-refractivity contribution in [1.82, 2.24) is 10.2 Å². The second-order valence-corrected chi connectivity index (χ2v) is 13.1. The van der Waals surface area contributed by atoms with Gasteiger partial charge in [0, 0.05) is 24.6 Å². The van der Waals surface area contributed by atoms with E-state index in [1.165, 1.54) is 23.1 Å². The highest BCUT2D eigenvalue weighted by Gasteiger charge is 2.35. The lowest BCUT2D eigenvalue weighted by Gasteiger charge is -2.34. The van der Waals surface area contributed by atoms with E-state index in [-0.39, 0.29) is 29.5 Å². The number of amides is 2. The molecule has 9 heteroatoms. The molecule has 4 rings (SSSR count). The predicted octanol–water partition coefficient (Wildman–Crippen LogP) is 6.19. The van der Waals surface area contributed by atoms with Crippen LogP contribution in [-0.2, 0) is 32.6 Å². The van der Waals surface area contributed by atoms with Gasteiger partial charge >= 0.3 is 0 Å². The van der Waals surface area contributed by atoms with Crippen molar-refractivity contribution in [2.45, 2.75) is 64.1 Å². The van der Waals surface area contributed by atoms with E-state index >= 15 is 4.39 Å². The van der Waals surface area contributed by atoms with Crippen LogP contribution in [0.1, 0.15) is 42.5 Å². The molecular formula is C36H40FN3O4S. The Morgan fingerprint density at radius 2 is 1.47 bits per heavy atom. The van der Waals surface area contributed by atoms with Gasteiger partial charge in [0.15, 0.2) is 0 Å². The minimum atomic E-state index is -4.21. The van der Waals surface area contributed by atoms with Crippen molar-refractivity contribution in [1.29, 1.82) is 0 Å². The molecule has 0 saturated carbocycles. The fraction of sp³-hybridized carbons (Fsp3) is 0.278. The Labute approximate surface area is 265 Å². The predicted molar refractivity (Wildman–Crippen MR) is 176 cm³/mol. The molecule has 0 aliphatic carbocycles. The molecule has 0 aromatic heterocycles. The summed E-state index contributed by atoms with van der Waals surface area (Å²) in [5, 5.41) is 2.98. The van der Waals surface area contributed by atoms with Crippen molar-refractivity contribution in [3.8, 4) is 0 Å². The van der Waals surface area contributed by atoms with Gasteiger partial charge in [-0.2, -0.15) is 0 Å². The summed E-state index contributed by atoms with van der Waals surface area (Å²) >= 11 is 0. The highest BCUT2D eigenvalue weighted by Crippen LogP contribution is 2.27. The minimum absolute atomic E-state index is 0.0204. The van der Waals surface area contributed by atoms with Crippen LogP contribution in [0, 0.1) is 19.7 Å². The summed E-state index contributed by atoms with van der Waals surface area (Å²) in [6.45, 7) is 6.76. The first-order valence-electron chi connectivity index (χ1n) is 15.0. The third-order valence-corrected chi connectivity index (χ3v) is 9.75. The molecule has 0 unspecified atom stereocenters. The number of aryl methyl sites for hydroxylation is 2. The van der Waals surface area contributed by atoms with E-state index in [1.807, 2.05) is 58.0 Å². The summed E-state index contributed by atoms with van der Waals surface area (Å²) in [7, 11) is -4.21. The second-order valence-electron chi connectivity index (χ2n) is 11.2. The van der Waals surface area contributed by atoms with Gasteiger partial charge in [-0.3, -0.25) is 13.9 Å². The Morgan fingerprint density at radius 3 is 2.09 bits per heavy atom. The van der Waals surface area contributed by atoms with Crippen LogP contribution in [0.25, 0.3) is 0 Å². The van der Waals surface area contributed by atoms with Crippen LogP contribution < -0.4 is 9.62 Å². The zero-order valence-electron chi connectivity index (χ0n) is 26.1. The number of benzene rings is 4. The molecule has 0 fully saturated rings. The maximum atomic E-state index is 15.0. The smallest absolute Gasteiger partial charge is 0.264 e. The summed E-state index contributed by atoms with van der Waals surface area (Å²) < 4.78 is 44.3. The van der Waals surface area contributed by atoms with Crippen LogP contribution in [0.4, 0.5) is 10.1 Å². The van der Waals surface area contributed by atoms with Crippen molar-refractivity contribution >= 4 is 27.5 Å². The van der Waals surface area contributed by atoms with E-state index in [1.54, 1.807) is 54.6 Å². The zero-order chi connectivity index (χ0) is 32.6. The minimum Gasteiger partial charge on any atom is -0.352 e. The first-order chi connectivity index (χ1) is 21.5. The van der Waals surface area contributed by atoms with Gasteiger partial charge in [-0.05, 0) is 74.2 Å². The molecule has 4 aromatic rings. The van der Waals surface area contributed by atoms with E-state index in [4.69, 9.17) is 0 Å². The topological polar surface area (TPSA) is 86.8 Å². The zero-order valence-corrected chi connectivity index (χ0v) is 26.9. The highest BCUT2D eigenvalue weighted by molar-refractivity contribution is 7.92. The van der Waals surface area contributed by atoms with Crippen molar-refractivity contribution in [3.63, 3.8) is 0 Å². The van der Waals surface area contributed by atoms with Crippen LogP contribution in [0.15, 0.2) is 108 Å². The van der Waals surface area contributed by atoms with E-state index < -0.39 is 40.2 Å². The molecule has 1 N–H and O–H groups in total. The molecule has 0 heterocycles. The molecule has 0 spiro atoms. The molecule has 236 valence electrons. The summed E-state index contributed by atoms with van der Waals surface area (Å²) in [4.78, 5) is 29.7. The first kappa shape index (κ1) is 33.4. The Morgan fingerprint density at radius 1 is 0.844 bits per heavy atom. The third kappa shape index (κ3) is 8.36. The molecule has 0 saturated heterocycles. The monoisotopic (exact) mass is 629 g/mol. The van der Waals surface area contributed by atoms with Gasteiger partial charge in [0.05, 0.1) is 10.6 Å². The normalized spacial score (nSPS) is 12.6. The van der Waals surface area contributed by atoms with E-state index in [0.717, 1.165) is 21.0 Å². The number of hydrogen-bond acceptors (Lipinski definition) is 4. The number of hydrogen-bond donors (Lipinski definition) is 1. The first-order valence-corrected chi connectivity index (χ1v) is 16.5. The molecule has 0 radical (unpaired) electrons. The fourth-order valence-corrected chi connectivity index (χ4v) is 6.36. The highest BCUT2D eigenvalue weighted by atomic mass is 32.2. The molecule has 0 aliphatic heterocycles. The molecule has 2 amide bonds. The summed E-state index contributed by atoms with van der Waals surface area (Å²) in [6, 6.07) is 27.2. The van der Waals surface area contributed by atoms with Crippen molar-refractivity contribution < 1.29 is 22.4 Å². The van der Waals surface area contributed by atoms with Gasteiger partial charge in [-0.15, -0.1) is 0 Å². The summed E-state index contributed by atoms with van der Waals surface area (Å²) in [5.74, 6) is -1.57. The van der Waals surface area contributed by atoms with Crippen molar-refractivity contribution in [2.75, 3.05) is 10.8 Å². The SMILES string of the molecule is CC[C@@H](C)NC(=O)[C@H](Cc1ccccc1)N(Cc1ccccc1F)C(=O)CN(c1ccc(C)c(C)c1)S(=O)(=O)c1ccccc1. The Bertz CT molecular complexity index is 1720. The molecular weight excluding hydrogens is 589 g/mol. The van der Waals surface area contributed by atoms with E-state index in [0.29, 0.717) is 12.1 Å². The van der Waals surface area contributed by atoms with Gasteiger partial charge in [0.2, 0.25) is 11.8 Å². The molecule has 2 atom stereocenters.